The lowest BCUT2D eigenvalue weighted by atomic mass is 8.32. The molecule has 0 saturated carbocycles. The first-order valence-corrected chi connectivity index (χ1v) is 11.1. The van der Waals surface area contributed by atoms with Crippen LogP contribution in [-0.4, -0.2) is 204 Å². The van der Waals surface area contributed by atoms with Gasteiger partial charge in [-0.25, -0.2) is 0 Å². The fourth-order valence-corrected chi connectivity index (χ4v) is 4.51. The van der Waals surface area contributed by atoms with Gasteiger partial charge in [-0.1, -0.05) is 0 Å². The Morgan fingerprint density at radius 1 is 0.514 bits per heavy atom. The fourth-order valence-electron chi connectivity index (χ4n) is 4.51. The fraction of sp³-hybridized carbons (Fsp3) is 0.200. The molecule has 0 fully saturated rings. The van der Waals surface area contributed by atoms with Gasteiger partial charge in [0, 0.05) is 199 Å². The molecule has 0 aromatic carbocycles. The monoisotopic (exact) mass is 406 g/mol. The summed E-state index contributed by atoms with van der Waals surface area (Å²) >= 11 is 0. The number of hydrogen-bond donors (Lipinski definition) is 1. The maximum absolute atomic E-state index is 8.33. The molecule has 0 unspecified atom stereocenters. The Kier molecular flexibility index (Phi) is 18.1. The highest BCUT2D eigenvalue weighted by molar-refractivity contribution is 8.26. The normalized spacial score (nSPS) is 9.40. The van der Waals surface area contributed by atoms with Crippen molar-refractivity contribution in [2.24, 2.45) is 0 Å². The Labute approximate surface area is 238 Å². The molecule has 0 saturated heterocycles. The second kappa shape index (κ2) is 17.6. The van der Waals surface area contributed by atoms with Crippen LogP contribution >= 0.6 is 0 Å². The summed E-state index contributed by atoms with van der Waals surface area (Å²) in [5.41, 5.74) is 0. The van der Waals surface area contributed by atoms with Crippen LogP contribution in [0.1, 0.15) is 5.76 Å². The highest BCUT2D eigenvalue weighted by Crippen LogP contribution is 2.12. The maximum atomic E-state index is 8.33. The first-order chi connectivity index (χ1) is 16.1. The molecule has 0 aliphatic rings. The third-order valence-corrected chi connectivity index (χ3v) is 6.07. The minimum atomic E-state index is -1.03. The number of aliphatic hydroxyl groups is 1. The van der Waals surface area contributed by atoms with Crippen molar-refractivity contribution in [3.05, 3.63) is 24.2 Å². The van der Waals surface area contributed by atoms with Crippen molar-refractivity contribution in [1.82, 2.24) is 0 Å². The quantitative estimate of drug-likeness (QED) is 0.334. The molecular weight excluding hydrogens is 395 g/mol. The van der Waals surface area contributed by atoms with Crippen LogP contribution < -0.4 is 0 Å². The zero-order valence-corrected chi connectivity index (χ0v) is 20.0. The van der Waals surface area contributed by atoms with E-state index in [2.05, 4.69) is 0 Å². The van der Waals surface area contributed by atoms with Gasteiger partial charge >= 0.3 is 0 Å². The SMILES string of the molecule is OCc1ccco1.[B]B([B])B([B])B(B(B([B])[B])B([B])[B])B(B(B([B])[B])B([B])[B])B(B([B])[B])B([B])[B]. The van der Waals surface area contributed by atoms with Crippen molar-refractivity contribution in [3.8, 4) is 0 Å². The van der Waals surface area contributed by atoms with Crippen LogP contribution in [-0.2, 0) is 6.61 Å². The number of aliphatic hydroxyl groups excluding tert-OH is 1. The zero-order chi connectivity index (χ0) is 27.6. The summed E-state index contributed by atoms with van der Waals surface area (Å²) in [5.74, 6) is 0.611. The number of rotatable bonds is 13. The summed E-state index contributed by atoms with van der Waals surface area (Å²) < 4.78 is 4.73. The Morgan fingerprint density at radius 2 is 0.857 bits per heavy atom. The molecule has 0 atom stereocenters. The second-order valence-electron chi connectivity index (χ2n) is 8.74. The summed E-state index contributed by atoms with van der Waals surface area (Å²) in [6, 6.07) is 3.46. The first-order valence-electron chi connectivity index (χ1n) is 11.1. The van der Waals surface area contributed by atoms with Crippen LogP contribution in [0.5, 0.6) is 0 Å². The lowest BCUT2D eigenvalue weighted by molar-refractivity contribution is 0.247. The summed E-state index contributed by atoms with van der Waals surface area (Å²) in [4.78, 5) is 0. The topological polar surface area (TPSA) is 33.4 Å². The molecule has 0 spiro atoms. The van der Waals surface area contributed by atoms with Crippen LogP contribution in [0.2, 0.25) is 0 Å². The molecule has 1 rings (SSSR count). The predicted molar refractivity (Wildman–Crippen MR) is 186 cm³/mol. The minimum absolute atomic E-state index is 0.00694. The molecule has 2 nitrogen and oxygen atoms in total. The van der Waals surface area contributed by atoms with Gasteiger partial charge in [0.25, 0.3) is 0 Å². The van der Waals surface area contributed by atoms with E-state index in [1.54, 1.807) is 12.1 Å². The van der Waals surface area contributed by atoms with Gasteiger partial charge in [-0.3, -0.25) is 0 Å². The molecule has 1 N–H and O–H groups in total. The summed E-state index contributed by atoms with van der Waals surface area (Å²) in [5, 5.41) is 8.33. The van der Waals surface area contributed by atoms with Crippen molar-refractivity contribution < 1.29 is 9.52 Å². The van der Waals surface area contributed by atoms with Crippen molar-refractivity contribution in [1.29, 1.82) is 0 Å². The molecule has 30 heteroatoms. The van der Waals surface area contributed by atoms with E-state index in [1.807, 2.05) is 0 Å². The van der Waals surface area contributed by atoms with Crippen molar-refractivity contribution >= 4 is 199 Å². The molecule has 0 bridgehead atoms. The molecule has 1 heterocycles. The second-order valence-corrected chi connectivity index (χ2v) is 8.74. The smallest absolute Gasteiger partial charge is 0.129 e. The highest BCUT2D eigenvalue weighted by Gasteiger charge is 2.50. The maximum Gasteiger partial charge on any atom is 0.129 e. The van der Waals surface area contributed by atoms with Gasteiger partial charge in [0.1, 0.15) is 12.4 Å². The van der Waals surface area contributed by atoms with Gasteiger partial charge in [0.2, 0.25) is 0 Å². The number of furan rings is 1. The largest absolute Gasteiger partial charge is 0.467 e. The van der Waals surface area contributed by atoms with Gasteiger partial charge in [0.05, 0.1) is 6.26 Å². The first kappa shape index (κ1) is 36.1. The van der Waals surface area contributed by atoms with E-state index in [0.29, 0.717) is 5.76 Å². The van der Waals surface area contributed by atoms with Crippen molar-refractivity contribution in [2.45, 2.75) is 6.61 Å². The predicted octanol–water partition coefficient (Wildman–Crippen LogP) is -9.89. The Hall–Kier alpha value is 1.06. The molecule has 1 aromatic heterocycles. The van der Waals surface area contributed by atoms with Crippen molar-refractivity contribution in [3.63, 3.8) is 0 Å². The lowest BCUT2D eigenvalue weighted by Gasteiger charge is -2.49. The van der Waals surface area contributed by atoms with Gasteiger partial charge < -0.3 is 9.52 Å². The average Bonchev–Trinajstić information content (AvgIpc) is 3.23. The average molecular weight is 401 g/mol. The standard InChI is InChI=1S/C5H6O2.B28/c6-4-5-2-1-3-7-5;1-16(2)23(15)27(24(17(3)4)18(5)6)28(25(19(7)8)20(9)10)26(21(11)12)22(13)14/h1-3,6H,4H2;. The molecule has 122 valence electrons. The molecule has 1 aromatic rings. The van der Waals surface area contributed by atoms with Crippen molar-refractivity contribution in [2.75, 3.05) is 0 Å². The van der Waals surface area contributed by atoms with E-state index in [4.69, 9.17) is 126 Å². The van der Waals surface area contributed by atoms with E-state index >= 15 is 0 Å². The van der Waals surface area contributed by atoms with Crippen LogP contribution in [0.3, 0.4) is 0 Å². The van der Waals surface area contributed by atoms with Crippen LogP contribution in [0, 0.1) is 0 Å². The zero-order valence-electron chi connectivity index (χ0n) is 20.0. The summed E-state index contributed by atoms with van der Waals surface area (Å²) in [6.07, 6.45) is -10.7. The molecule has 0 aliphatic heterocycles. The molecule has 0 amide bonds. The van der Waals surface area contributed by atoms with Gasteiger partial charge in [-0.2, -0.15) is 0 Å². The van der Waals surface area contributed by atoms with E-state index < -0.39 is 83.0 Å². The molecular formula is C5H6B28O2. The third kappa shape index (κ3) is 11.4. The Bertz CT molecular complexity index is 600. The Balaban J connectivity index is 0.00000140. The van der Waals surface area contributed by atoms with Crippen LogP contribution in [0.4, 0.5) is 0 Å². The third-order valence-electron chi connectivity index (χ3n) is 6.07. The van der Waals surface area contributed by atoms with E-state index in [0.717, 1.165) is 0 Å². The van der Waals surface area contributed by atoms with Crippen LogP contribution in [0.15, 0.2) is 22.8 Å². The van der Waals surface area contributed by atoms with Gasteiger partial charge in [-0.15, -0.1) is 0 Å². The van der Waals surface area contributed by atoms with E-state index in [9.17, 15) is 0 Å². The van der Waals surface area contributed by atoms with E-state index in [1.165, 1.54) is 6.26 Å². The lowest BCUT2D eigenvalue weighted by Crippen LogP contribution is -2.87. The summed E-state index contributed by atoms with van der Waals surface area (Å²) in [7, 11) is 89.6. The van der Waals surface area contributed by atoms with E-state index in [-0.39, 0.29) is 6.61 Å². The molecule has 30 radical (unpaired) electrons. The number of hydrogen-bond acceptors (Lipinski definition) is 2. The Morgan fingerprint density at radius 3 is 1.06 bits per heavy atom. The molecule has 35 heavy (non-hydrogen) atoms. The minimum Gasteiger partial charge on any atom is -0.467 e. The highest BCUT2D eigenvalue weighted by atomic mass is 16.4. The summed E-state index contributed by atoms with van der Waals surface area (Å²) in [6.45, 7) is -0.00694. The van der Waals surface area contributed by atoms with Gasteiger partial charge in [-0.05, 0) is 12.1 Å². The van der Waals surface area contributed by atoms with Gasteiger partial charge in [0.15, 0.2) is 0 Å². The molecule has 0 aliphatic carbocycles. The van der Waals surface area contributed by atoms with Crippen LogP contribution in [0.25, 0.3) is 0 Å².